The highest BCUT2D eigenvalue weighted by atomic mass is 16.5. The van der Waals surface area contributed by atoms with Gasteiger partial charge >= 0.3 is 0 Å². The van der Waals surface area contributed by atoms with Gasteiger partial charge in [-0.25, -0.2) is 4.98 Å². The van der Waals surface area contributed by atoms with Crippen LogP contribution in [0.15, 0.2) is 30.7 Å². The molecular formula is C25H35N3O3. The first-order chi connectivity index (χ1) is 14.9. The number of rotatable bonds is 4. The predicted molar refractivity (Wildman–Crippen MR) is 119 cm³/mol. The topological polar surface area (TPSA) is 48.8 Å². The number of likely N-dealkylation sites (tertiary alicyclic amines) is 1. The molecule has 0 radical (unpaired) electrons. The molecule has 168 valence electrons. The third kappa shape index (κ3) is 3.74. The molecule has 2 aromatic rings. The first-order valence-corrected chi connectivity index (χ1v) is 11.6. The highest BCUT2D eigenvalue weighted by molar-refractivity contribution is 5.50. The van der Waals surface area contributed by atoms with Gasteiger partial charge in [-0.15, -0.1) is 0 Å². The number of benzene rings is 1. The van der Waals surface area contributed by atoms with Gasteiger partial charge in [0, 0.05) is 31.3 Å². The van der Waals surface area contributed by atoms with Crippen LogP contribution < -0.4 is 9.47 Å². The lowest BCUT2D eigenvalue weighted by atomic mass is 9.64. The number of fused-ring (bicyclic) bond motifs is 3. The average Bonchev–Trinajstić information content (AvgIpc) is 3.15. The lowest BCUT2D eigenvalue weighted by Crippen LogP contribution is -2.54. The molecule has 2 saturated heterocycles. The quantitative estimate of drug-likeness (QED) is 0.729. The van der Waals surface area contributed by atoms with Crippen molar-refractivity contribution in [2.24, 2.45) is 18.4 Å². The molecule has 3 aliphatic heterocycles. The van der Waals surface area contributed by atoms with Gasteiger partial charge in [-0.3, -0.25) is 4.90 Å². The van der Waals surface area contributed by atoms with Crippen molar-refractivity contribution in [3.05, 3.63) is 42.0 Å². The third-order valence-corrected chi connectivity index (χ3v) is 7.68. The van der Waals surface area contributed by atoms with Gasteiger partial charge in [0.25, 0.3) is 0 Å². The van der Waals surface area contributed by atoms with Gasteiger partial charge in [0.1, 0.15) is 5.60 Å². The summed E-state index contributed by atoms with van der Waals surface area (Å²) < 4.78 is 21.2. The summed E-state index contributed by atoms with van der Waals surface area (Å²) in [6.45, 7) is 11.1. The highest BCUT2D eigenvalue weighted by Gasteiger charge is 2.53. The van der Waals surface area contributed by atoms with E-state index in [1.165, 1.54) is 18.5 Å². The number of para-hydroxylation sites is 1. The Labute approximate surface area is 185 Å². The van der Waals surface area contributed by atoms with Crippen LogP contribution in [0.25, 0.3) is 0 Å². The lowest BCUT2D eigenvalue weighted by Gasteiger charge is -2.54. The highest BCUT2D eigenvalue weighted by Crippen LogP contribution is 2.57. The van der Waals surface area contributed by atoms with Gasteiger partial charge < -0.3 is 18.8 Å². The van der Waals surface area contributed by atoms with Gasteiger partial charge in [0.05, 0.1) is 31.3 Å². The Bertz CT molecular complexity index is 930. The van der Waals surface area contributed by atoms with E-state index >= 15 is 0 Å². The second-order valence-corrected chi connectivity index (χ2v) is 10.1. The molecule has 5 rings (SSSR count). The zero-order valence-corrected chi connectivity index (χ0v) is 19.3. The number of aromatic nitrogens is 2. The molecule has 0 amide bonds. The maximum absolute atomic E-state index is 6.66. The van der Waals surface area contributed by atoms with Crippen LogP contribution in [0.5, 0.6) is 11.5 Å². The number of ether oxygens (including phenoxy) is 3. The molecule has 6 heteroatoms. The van der Waals surface area contributed by atoms with Crippen molar-refractivity contribution in [1.29, 1.82) is 0 Å². The van der Waals surface area contributed by atoms with E-state index in [0.29, 0.717) is 12.5 Å². The standard InChI is InChI=1S/C25H35N3O3/c1-5-29-21-8-6-7-19-22-20(24(2,3)31-23(19)21)13-25(16-30-22)9-11-28(12-10-25)15-18-14-26-17-27(18)4/h6-8,14,17,20,22H,5,9-13,15-16H2,1-4H3/t20-,22+/m0/s1. The number of imidazole rings is 1. The normalized spacial score (nSPS) is 26.7. The number of hydrogen-bond acceptors (Lipinski definition) is 5. The number of hydrogen-bond donors (Lipinski definition) is 0. The average molecular weight is 426 g/mol. The summed E-state index contributed by atoms with van der Waals surface area (Å²) in [5.41, 5.74) is 2.39. The van der Waals surface area contributed by atoms with Gasteiger partial charge in [0.2, 0.25) is 0 Å². The van der Waals surface area contributed by atoms with Crippen LogP contribution in [0.2, 0.25) is 0 Å². The molecule has 3 aliphatic rings. The minimum absolute atomic E-state index is 0.0808. The second-order valence-electron chi connectivity index (χ2n) is 10.1. The summed E-state index contributed by atoms with van der Waals surface area (Å²) >= 11 is 0. The lowest BCUT2D eigenvalue weighted by molar-refractivity contribution is -0.175. The van der Waals surface area contributed by atoms with Crippen LogP contribution in [0.3, 0.4) is 0 Å². The molecular weight excluding hydrogens is 390 g/mol. The van der Waals surface area contributed by atoms with E-state index in [4.69, 9.17) is 14.2 Å². The van der Waals surface area contributed by atoms with E-state index in [-0.39, 0.29) is 17.1 Å². The molecule has 0 aliphatic carbocycles. The molecule has 0 saturated carbocycles. The molecule has 1 aromatic carbocycles. The summed E-state index contributed by atoms with van der Waals surface area (Å²) in [7, 11) is 2.07. The Kier molecular flexibility index (Phi) is 5.25. The SMILES string of the molecule is CCOc1cccc2c1OC(C)(C)[C@H]1CC3(CCN(Cc4cncn4C)CC3)CO[C@H]21. The van der Waals surface area contributed by atoms with Crippen LogP contribution in [0.1, 0.15) is 57.4 Å². The predicted octanol–water partition coefficient (Wildman–Crippen LogP) is 4.35. The monoisotopic (exact) mass is 425 g/mol. The molecule has 1 spiro atoms. The molecule has 0 unspecified atom stereocenters. The molecule has 31 heavy (non-hydrogen) atoms. The fourth-order valence-electron chi connectivity index (χ4n) is 5.71. The van der Waals surface area contributed by atoms with Crippen LogP contribution in [0, 0.1) is 11.3 Å². The summed E-state index contributed by atoms with van der Waals surface area (Å²) in [4.78, 5) is 6.82. The summed E-state index contributed by atoms with van der Waals surface area (Å²) in [5, 5.41) is 0. The maximum Gasteiger partial charge on any atom is 0.167 e. The third-order valence-electron chi connectivity index (χ3n) is 7.68. The Morgan fingerprint density at radius 2 is 2.03 bits per heavy atom. The van der Waals surface area contributed by atoms with Crippen LogP contribution in [0.4, 0.5) is 0 Å². The molecule has 0 bridgehead atoms. The summed E-state index contributed by atoms with van der Waals surface area (Å²) in [5.74, 6) is 2.05. The Morgan fingerprint density at radius 1 is 1.23 bits per heavy atom. The molecule has 2 fully saturated rings. The van der Waals surface area contributed by atoms with Crippen LogP contribution in [-0.4, -0.2) is 46.4 Å². The van der Waals surface area contributed by atoms with E-state index < -0.39 is 0 Å². The largest absolute Gasteiger partial charge is 0.490 e. The van der Waals surface area contributed by atoms with Crippen molar-refractivity contribution in [1.82, 2.24) is 14.5 Å². The molecule has 0 N–H and O–H groups in total. The zero-order valence-electron chi connectivity index (χ0n) is 19.3. The van der Waals surface area contributed by atoms with E-state index in [9.17, 15) is 0 Å². The number of piperidine rings is 1. The van der Waals surface area contributed by atoms with Gasteiger partial charge in [0.15, 0.2) is 11.5 Å². The Balaban J connectivity index is 1.32. The van der Waals surface area contributed by atoms with Crippen LogP contribution in [-0.2, 0) is 18.3 Å². The Hall–Kier alpha value is -2.05. The van der Waals surface area contributed by atoms with Gasteiger partial charge in [-0.2, -0.15) is 0 Å². The molecule has 6 nitrogen and oxygen atoms in total. The summed E-state index contributed by atoms with van der Waals surface area (Å²) in [6.07, 6.45) is 7.45. The van der Waals surface area contributed by atoms with E-state index in [0.717, 1.165) is 49.7 Å². The van der Waals surface area contributed by atoms with Crippen molar-refractivity contribution in [2.75, 3.05) is 26.3 Å². The second kappa shape index (κ2) is 7.82. The first kappa shape index (κ1) is 20.8. The van der Waals surface area contributed by atoms with Crippen molar-refractivity contribution < 1.29 is 14.2 Å². The van der Waals surface area contributed by atoms with Gasteiger partial charge in [-0.1, -0.05) is 12.1 Å². The van der Waals surface area contributed by atoms with E-state index in [1.54, 1.807) is 0 Å². The van der Waals surface area contributed by atoms with Crippen molar-refractivity contribution in [3.8, 4) is 11.5 Å². The van der Waals surface area contributed by atoms with E-state index in [1.807, 2.05) is 25.5 Å². The van der Waals surface area contributed by atoms with E-state index in [2.05, 4.69) is 47.5 Å². The van der Waals surface area contributed by atoms with Crippen LogP contribution >= 0.6 is 0 Å². The van der Waals surface area contributed by atoms with Crippen molar-refractivity contribution >= 4 is 0 Å². The smallest absolute Gasteiger partial charge is 0.167 e. The summed E-state index contributed by atoms with van der Waals surface area (Å²) in [6, 6.07) is 6.22. The zero-order chi connectivity index (χ0) is 21.6. The minimum Gasteiger partial charge on any atom is -0.490 e. The van der Waals surface area contributed by atoms with Crippen molar-refractivity contribution in [3.63, 3.8) is 0 Å². The molecule has 1 aromatic heterocycles. The number of aryl methyl sites for hydroxylation is 1. The fraction of sp³-hybridized carbons (Fsp3) is 0.640. The Morgan fingerprint density at radius 3 is 2.74 bits per heavy atom. The molecule has 2 atom stereocenters. The minimum atomic E-state index is -0.288. The first-order valence-electron chi connectivity index (χ1n) is 11.6. The number of nitrogens with zero attached hydrogens (tertiary/aromatic N) is 3. The fourth-order valence-corrected chi connectivity index (χ4v) is 5.71. The molecule has 4 heterocycles. The maximum atomic E-state index is 6.66. The van der Waals surface area contributed by atoms with Crippen molar-refractivity contribution in [2.45, 2.75) is 58.3 Å². The van der Waals surface area contributed by atoms with Gasteiger partial charge in [-0.05, 0) is 64.6 Å².